The number of amides is 1. The van der Waals surface area contributed by atoms with Crippen LogP contribution in [0.2, 0.25) is 0 Å². The number of carbonyl (C=O) groups is 1. The molecule has 0 spiro atoms. The van der Waals surface area contributed by atoms with Crippen molar-refractivity contribution in [3.63, 3.8) is 0 Å². The van der Waals surface area contributed by atoms with E-state index in [0.717, 1.165) is 58.3 Å². The van der Waals surface area contributed by atoms with Crippen LogP contribution >= 0.6 is 0 Å². The summed E-state index contributed by atoms with van der Waals surface area (Å²) >= 11 is 0. The molecule has 1 atom stereocenters. The Balaban J connectivity index is 1.84. The van der Waals surface area contributed by atoms with Gasteiger partial charge in [0.2, 0.25) is 5.91 Å². The van der Waals surface area contributed by atoms with Gasteiger partial charge in [-0.1, -0.05) is 6.92 Å². The molecule has 2 saturated heterocycles. The summed E-state index contributed by atoms with van der Waals surface area (Å²) in [5, 5.41) is 12.3. The van der Waals surface area contributed by atoms with Crippen LogP contribution in [-0.2, 0) is 4.79 Å². The maximum Gasteiger partial charge on any atom is 0.237 e. The molecule has 2 aliphatic heterocycles. The van der Waals surface area contributed by atoms with E-state index in [-0.39, 0.29) is 24.1 Å². The monoisotopic (exact) mass is 311 g/mol. The molecule has 2 heterocycles. The van der Waals surface area contributed by atoms with Crippen molar-refractivity contribution in [1.82, 2.24) is 15.1 Å². The highest BCUT2D eigenvalue weighted by Gasteiger charge is 2.39. The Bertz CT molecular complexity index is 365. The summed E-state index contributed by atoms with van der Waals surface area (Å²) in [4.78, 5) is 17.3. The van der Waals surface area contributed by atoms with Crippen LogP contribution in [0.3, 0.4) is 0 Å². The molecule has 128 valence electrons. The summed E-state index contributed by atoms with van der Waals surface area (Å²) in [5.74, 6) is 0.222. The molecule has 0 radical (unpaired) electrons. The first-order chi connectivity index (χ1) is 10.5. The molecule has 0 saturated carbocycles. The maximum atomic E-state index is 12.7. The van der Waals surface area contributed by atoms with E-state index in [2.05, 4.69) is 35.9 Å². The van der Waals surface area contributed by atoms with Crippen molar-refractivity contribution >= 4 is 5.91 Å². The third kappa shape index (κ3) is 4.21. The van der Waals surface area contributed by atoms with Crippen LogP contribution < -0.4 is 5.32 Å². The summed E-state index contributed by atoms with van der Waals surface area (Å²) in [5.41, 5.74) is 0.100. The molecule has 2 rings (SSSR count). The molecule has 22 heavy (non-hydrogen) atoms. The Morgan fingerprint density at radius 1 is 1.23 bits per heavy atom. The Kier molecular flexibility index (Phi) is 6.24. The molecule has 0 aromatic heterocycles. The minimum Gasteiger partial charge on any atom is -0.395 e. The second-order valence-corrected chi connectivity index (χ2v) is 7.37. The van der Waals surface area contributed by atoms with Crippen molar-refractivity contribution in [2.24, 2.45) is 0 Å². The normalized spacial score (nSPS) is 25.5. The number of piperidine rings is 1. The van der Waals surface area contributed by atoms with Crippen molar-refractivity contribution < 1.29 is 9.90 Å². The predicted octanol–water partition coefficient (Wildman–Crippen LogP) is 1.21. The molecule has 0 aromatic carbocycles. The fourth-order valence-electron chi connectivity index (χ4n) is 3.71. The van der Waals surface area contributed by atoms with Gasteiger partial charge in [0.25, 0.3) is 0 Å². The second kappa shape index (κ2) is 7.75. The van der Waals surface area contributed by atoms with Crippen LogP contribution in [0.15, 0.2) is 0 Å². The number of carbonyl (C=O) groups excluding carboxylic acids is 1. The van der Waals surface area contributed by atoms with E-state index in [1.165, 1.54) is 0 Å². The highest BCUT2D eigenvalue weighted by atomic mass is 16.3. The number of hydrogen-bond donors (Lipinski definition) is 2. The fraction of sp³-hybridized carbons (Fsp3) is 0.941. The average molecular weight is 311 g/mol. The van der Waals surface area contributed by atoms with Crippen LogP contribution in [0.5, 0.6) is 0 Å². The van der Waals surface area contributed by atoms with E-state index in [1.54, 1.807) is 0 Å². The van der Waals surface area contributed by atoms with Gasteiger partial charge in [-0.3, -0.25) is 9.69 Å². The van der Waals surface area contributed by atoms with Gasteiger partial charge in [0.1, 0.15) is 0 Å². The van der Waals surface area contributed by atoms with Crippen LogP contribution in [0.4, 0.5) is 0 Å². The Labute approximate surface area is 135 Å². The van der Waals surface area contributed by atoms with E-state index < -0.39 is 0 Å². The molecular formula is C17H33N3O2. The van der Waals surface area contributed by atoms with Gasteiger partial charge >= 0.3 is 0 Å². The van der Waals surface area contributed by atoms with Crippen molar-refractivity contribution in [2.75, 3.05) is 32.8 Å². The van der Waals surface area contributed by atoms with Crippen LogP contribution in [0, 0.1) is 0 Å². The van der Waals surface area contributed by atoms with Crippen molar-refractivity contribution in [3.8, 4) is 0 Å². The van der Waals surface area contributed by atoms with E-state index in [1.807, 2.05) is 0 Å². The summed E-state index contributed by atoms with van der Waals surface area (Å²) < 4.78 is 0. The zero-order valence-corrected chi connectivity index (χ0v) is 14.5. The summed E-state index contributed by atoms with van der Waals surface area (Å²) in [6.07, 6.45) is 5.16. The number of β-amino-alcohol motifs (C(OH)–C–C–N with tert-alkyl or cyclic N) is 1. The minimum absolute atomic E-state index is 0.0467. The first-order valence-electron chi connectivity index (χ1n) is 8.88. The van der Waals surface area contributed by atoms with E-state index in [9.17, 15) is 4.79 Å². The zero-order valence-electron chi connectivity index (χ0n) is 14.5. The summed E-state index contributed by atoms with van der Waals surface area (Å²) in [6, 6.07) is 0.347. The molecule has 2 fully saturated rings. The molecule has 5 nitrogen and oxygen atoms in total. The number of nitrogens with zero attached hydrogens (tertiary/aromatic N) is 2. The Morgan fingerprint density at radius 3 is 2.50 bits per heavy atom. The lowest BCUT2D eigenvalue weighted by molar-refractivity contribution is -0.128. The molecule has 1 amide bonds. The van der Waals surface area contributed by atoms with Gasteiger partial charge in [0, 0.05) is 31.2 Å². The lowest BCUT2D eigenvalue weighted by Crippen LogP contribution is -2.55. The van der Waals surface area contributed by atoms with Crippen LogP contribution in [0.25, 0.3) is 0 Å². The van der Waals surface area contributed by atoms with Crippen molar-refractivity contribution in [1.29, 1.82) is 0 Å². The number of aliphatic hydroxyl groups is 1. The number of aliphatic hydroxyl groups excluding tert-OH is 1. The second-order valence-electron chi connectivity index (χ2n) is 7.37. The highest BCUT2D eigenvalue weighted by Crippen LogP contribution is 2.29. The van der Waals surface area contributed by atoms with Crippen molar-refractivity contribution in [2.45, 2.75) is 70.5 Å². The summed E-state index contributed by atoms with van der Waals surface area (Å²) in [6.45, 7) is 10.6. The van der Waals surface area contributed by atoms with Gasteiger partial charge in [-0.05, 0) is 52.5 Å². The molecule has 0 bridgehead atoms. The molecule has 0 aliphatic carbocycles. The third-order valence-electron chi connectivity index (χ3n) is 5.55. The lowest BCUT2D eigenvalue weighted by Gasteiger charge is -2.39. The van der Waals surface area contributed by atoms with Gasteiger partial charge in [0.15, 0.2) is 0 Å². The molecule has 2 N–H and O–H groups in total. The van der Waals surface area contributed by atoms with Crippen molar-refractivity contribution in [3.05, 3.63) is 0 Å². The van der Waals surface area contributed by atoms with E-state index >= 15 is 0 Å². The van der Waals surface area contributed by atoms with E-state index in [0.29, 0.717) is 6.04 Å². The standard InChI is InChI=1S/C17H33N3O2/c1-4-17(2,3)20-9-5-6-15(20)16(22)18-14-7-10-19(11-8-14)12-13-21/h14-15,21H,4-13H2,1-3H3,(H,18,22). The Morgan fingerprint density at radius 2 is 1.91 bits per heavy atom. The molecule has 1 unspecified atom stereocenters. The van der Waals surface area contributed by atoms with Gasteiger partial charge in [-0.25, -0.2) is 0 Å². The SMILES string of the molecule is CCC(C)(C)N1CCCC1C(=O)NC1CCN(CCO)CC1. The zero-order chi connectivity index (χ0) is 16.2. The van der Waals surface area contributed by atoms with Crippen LogP contribution in [0.1, 0.15) is 52.9 Å². The molecular weight excluding hydrogens is 278 g/mol. The average Bonchev–Trinajstić information content (AvgIpc) is 3.00. The Hall–Kier alpha value is -0.650. The highest BCUT2D eigenvalue weighted by molar-refractivity contribution is 5.82. The number of rotatable bonds is 6. The van der Waals surface area contributed by atoms with Gasteiger partial charge < -0.3 is 15.3 Å². The first kappa shape index (κ1) is 17.7. The smallest absolute Gasteiger partial charge is 0.237 e. The molecule has 5 heteroatoms. The largest absolute Gasteiger partial charge is 0.395 e. The maximum absolute atomic E-state index is 12.7. The predicted molar refractivity (Wildman–Crippen MR) is 88.8 cm³/mol. The number of hydrogen-bond acceptors (Lipinski definition) is 4. The fourth-order valence-corrected chi connectivity index (χ4v) is 3.71. The number of likely N-dealkylation sites (tertiary alicyclic amines) is 2. The topological polar surface area (TPSA) is 55.8 Å². The quantitative estimate of drug-likeness (QED) is 0.774. The summed E-state index contributed by atoms with van der Waals surface area (Å²) in [7, 11) is 0. The number of nitrogens with one attached hydrogen (secondary N) is 1. The lowest BCUT2D eigenvalue weighted by atomic mass is 9.97. The molecule has 0 aromatic rings. The van der Waals surface area contributed by atoms with Gasteiger partial charge in [-0.15, -0.1) is 0 Å². The first-order valence-corrected chi connectivity index (χ1v) is 8.88. The minimum atomic E-state index is 0.0467. The van der Waals surface area contributed by atoms with E-state index in [4.69, 9.17) is 5.11 Å². The van der Waals surface area contributed by atoms with Gasteiger partial charge in [-0.2, -0.15) is 0 Å². The van der Waals surface area contributed by atoms with Crippen LogP contribution in [-0.4, -0.2) is 71.2 Å². The van der Waals surface area contributed by atoms with Gasteiger partial charge in [0.05, 0.1) is 12.6 Å². The molecule has 2 aliphatic rings. The third-order valence-corrected chi connectivity index (χ3v) is 5.55.